The van der Waals surface area contributed by atoms with Gasteiger partial charge in [-0.1, -0.05) is 18.2 Å². The predicted molar refractivity (Wildman–Crippen MR) is 125 cm³/mol. The Bertz CT molecular complexity index is 1130. The zero-order valence-corrected chi connectivity index (χ0v) is 20.6. The predicted octanol–water partition coefficient (Wildman–Crippen LogP) is 2.69. The van der Waals surface area contributed by atoms with Gasteiger partial charge in [-0.3, -0.25) is 19.3 Å². The average Bonchev–Trinajstić information content (AvgIpc) is 3.21. The maximum absolute atomic E-state index is 13.7. The maximum Gasteiger partial charge on any atom is 0.416 e. The van der Waals surface area contributed by atoms with Crippen LogP contribution in [0.4, 0.5) is 18.0 Å². The first-order valence-electron chi connectivity index (χ1n) is 12.2. The molecular weight excluding hydrogens is 493 g/mol. The number of carbonyl (C=O) groups is 4. The lowest BCUT2D eigenvalue weighted by molar-refractivity contribution is -0.151. The van der Waals surface area contributed by atoms with E-state index in [1.54, 1.807) is 11.8 Å². The maximum atomic E-state index is 13.7. The third-order valence-electron chi connectivity index (χ3n) is 7.08. The topological polar surface area (TPSA) is 99.3 Å². The molecule has 0 unspecified atom stereocenters. The Morgan fingerprint density at radius 3 is 2.46 bits per heavy atom. The first-order chi connectivity index (χ1) is 17.5. The minimum absolute atomic E-state index is 0.0149. The summed E-state index contributed by atoms with van der Waals surface area (Å²) in [5.41, 5.74) is -0.746. The number of ether oxygens (including phenoxy) is 1. The lowest BCUT2D eigenvalue weighted by Gasteiger charge is -2.32. The Kier molecular flexibility index (Phi) is 7.47. The van der Waals surface area contributed by atoms with E-state index in [2.05, 4.69) is 5.32 Å². The number of likely N-dealkylation sites (tertiary alicyclic amines) is 1. The van der Waals surface area contributed by atoms with E-state index in [1.165, 1.54) is 35.0 Å². The lowest BCUT2D eigenvalue weighted by Crippen LogP contribution is -2.45. The van der Waals surface area contributed by atoms with E-state index in [9.17, 15) is 32.3 Å². The lowest BCUT2D eigenvalue weighted by atomic mass is 9.92. The summed E-state index contributed by atoms with van der Waals surface area (Å²) in [6, 6.07) is 2.98. The number of rotatable bonds is 6. The fourth-order valence-corrected chi connectivity index (χ4v) is 5.06. The molecule has 0 saturated carbocycles. The van der Waals surface area contributed by atoms with Gasteiger partial charge in [-0.05, 0) is 31.4 Å². The van der Waals surface area contributed by atoms with Crippen LogP contribution >= 0.6 is 0 Å². The van der Waals surface area contributed by atoms with Crippen LogP contribution in [0.2, 0.25) is 0 Å². The highest BCUT2D eigenvalue weighted by atomic mass is 19.4. The van der Waals surface area contributed by atoms with Crippen molar-refractivity contribution in [3.05, 3.63) is 46.7 Å². The fraction of sp³-hybridized carbons (Fsp3) is 0.520. The standard InChI is InChI=1S/C25H29F3N4O5/c1-3-37-23(35)15-8-11-31(12-9-15)19(33)10-13-32-14-18-20(22(32)34)21(29-24(36)30(18)2)16-6-4-5-7-17(16)25(26,27)28/h4-7,15,21H,3,8-14H2,1-2H3,(H,29,36)/t21-/m1/s1. The van der Waals surface area contributed by atoms with Crippen molar-refractivity contribution in [2.24, 2.45) is 5.92 Å². The van der Waals surface area contributed by atoms with Gasteiger partial charge in [0.05, 0.1) is 41.9 Å². The molecule has 0 aromatic heterocycles. The Balaban J connectivity index is 1.44. The molecule has 200 valence electrons. The SMILES string of the molecule is CCOC(=O)C1CCN(C(=O)CCN2CC3=C(C2=O)[C@@H](c2ccccc2C(F)(F)F)NC(=O)N3C)CC1. The van der Waals surface area contributed by atoms with Gasteiger partial charge in [-0.2, -0.15) is 13.2 Å². The number of hydrogen-bond donors (Lipinski definition) is 1. The number of hydrogen-bond acceptors (Lipinski definition) is 5. The van der Waals surface area contributed by atoms with E-state index in [4.69, 9.17) is 4.74 Å². The van der Waals surface area contributed by atoms with Crippen LogP contribution in [-0.2, 0) is 25.3 Å². The van der Waals surface area contributed by atoms with Gasteiger partial charge in [0.25, 0.3) is 5.91 Å². The van der Waals surface area contributed by atoms with Crippen molar-refractivity contribution in [2.75, 3.05) is 39.8 Å². The van der Waals surface area contributed by atoms with Crippen molar-refractivity contribution in [1.29, 1.82) is 0 Å². The number of likely N-dealkylation sites (N-methyl/N-ethyl adjacent to an activating group) is 1. The molecule has 9 nitrogen and oxygen atoms in total. The molecule has 0 spiro atoms. The van der Waals surface area contributed by atoms with Gasteiger partial charge in [0, 0.05) is 33.1 Å². The molecule has 1 atom stereocenters. The number of carbonyl (C=O) groups excluding carboxylic acids is 4. The quantitative estimate of drug-likeness (QED) is 0.580. The molecule has 1 N–H and O–H groups in total. The van der Waals surface area contributed by atoms with E-state index in [0.717, 1.165) is 6.07 Å². The van der Waals surface area contributed by atoms with Crippen LogP contribution < -0.4 is 5.32 Å². The van der Waals surface area contributed by atoms with Crippen LogP contribution in [0.25, 0.3) is 0 Å². The van der Waals surface area contributed by atoms with E-state index in [1.807, 2.05) is 0 Å². The summed E-state index contributed by atoms with van der Waals surface area (Å²) in [6.07, 6.45) is -3.64. The normalized spacial score (nSPS) is 20.8. The Hall–Kier alpha value is -3.57. The first kappa shape index (κ1) is 26.5. The number of nitrogens with zero attached hydrogens (tertiary/aromatic N) is 3. The highest BCUT2D eigenvalue weighted by molar-refractivity contribution is 6.01. The minimum Gasteiger partial charge on any atom is -0.466 e. The summed E-state index contributed by atoms with van der Waals surface area (Å²) in [5.74, 6) is -1.20. The Morgan fingerprint density at radius 1 is 1.14 bits per heavy atom. The summed E-state index contributed by atoms with van der Waals surface area (Å²) in [5, 5.41) is 2.52. The molecule has 3 aliphatic heterocycles. The number of halogens is 3. The van der Waals surface area contributed by atoms with Crippen molar-refractivity contribution < 1.29 is 37.1 Å². The van der Waals surface area contributed by atoms with Crippen LogP contribution in [0.5, 0.6) is 0 Å². The van der Waals surface area contributed by atoms with Crippen molar-refractivity contribution in [2.45, 2.75) is 38.4 Å². The molecule has 37 heavy (non-hydrogen) atoms. The second kappa shape index (κ2) is 10.4. The van der Waals surface area contributed by atoms with Gasteiger partial charge in [-0.15, -0.1) is 0 Å². The molecule has 1 aromatic rings. The van der Waals surface area contributed by atoms with Crippen LogP contribution in [-0.4, -0.2) is 78.3 Å². The first-order valence-corrected chi connectivity index (χ1v) is 12.2. The minimum atomic E-state index is -4.67. The molecule has 4 rings (SSSR count). The molecule has 1 aromatic carbocycles. The smallest absolute Gasteiger partial charge is 0.416 e. The number of amides is 4. The monoisotopic (exact) mass is 522 g/mol. The molecule has 3 heterocycles. The number of benzene rings is 1. The number of urea groups is 1. The van der Waals surface area contributed by atoms with E-state index in [0.29, 0.717) is 38.2 Å². The summed E-state index contributed by atoms with van der Waals surface area (Å²) in [4.78, 5) is 54.9. The van der Waals surface area contributed by atoms with Crippen molar-refractivity contribution in [3.8, 4) is 0 Å². The molecule has 12 heteroatoms. The molecule has 4 amide bonds. The van der Waals surface area contributed by atoms with Gasteiger partial charge in [0.15, 0.2) is 0 Å². The molecule has 1 fully saturated rings. The van der Waals surface area contributed by atoms with E-state index < -0.39 is 29.7 Å². The average molecular weight is 523 g/mol. The molecule has 1 saturated heterocycles. The van der Waals surface area contributed by atoms with Crippen LogP contribution in [0.1, 0.15) is 43.4 Å². The summed E-state index contributed by atoms with van der Waals surface area (Å²) in [7, 11) is 1.45. The summed E-state index contributed by atoms with van der Waals surface area (Å²) in [6.45, 7) is 2.92. The largest absolute Gasteiger partial charge is 0.466 e. The number of esters is 1. The van der Waals surface area contributed by atoms with Crippen molar-refractivity contribution in [3.63, 3.8) is 0 Å². The van der Waals surface area contributed by atoms with Crippen molar-refractivity contribution in [1.82, 2.24) is 20.0 Å². The van der Waals surface area contributed by atoms with Gasteiger partial charge in [0.1, 0.15) is 0 Å². The second-order valence-electron chi connectivity index (χ2n) is 9.27. The number of nitrogens with one attached hydrogen (secondary N) is 1. The molecule has 0 aliphatic carbocycles. The van der Waals surface area contributed by atoms with Gasteiger partial charge >= 0.3 is 18.2 Å². The Labute approximate surface area is 212 Å². The van der Waals surface area contributed by atoms with Crippen LogP contribution in [0.3, 0.4) is 0 Å². The van der Waals surface area contributed by atoms with E-state index in [-0.39, 0.29) is 48.4 Å². The van der Waals surface area contributed by atoms with Crippen molar-refractivity contribution >= 4 is 23.8 Å². The zero-order valence-electron chi connectivity index (χ0n) is 20.6. The third-order valence-corrected chi connectivity index (χ3v) is 7.08. The van der Waals surface area contributed by atoms with Crippen LogP contribution in [0, 0.1) is 5.92 Å². The zero-order chi connectivity index (χ0) is 26.9. The third kappa shape index (κ3) is 5.28. The number of piperidine rings is 1. The molecule has 0 bridgehead atoms. The highest BCUT2D eigenvalue weighted by Crippen LogP contribution is 2.41. The number of alkyl halides is 3. The van der Waals surface area contributed by atoms with Gasteiger partial charge in [0.2, 0.25) is 5.91 Å². The van der Waals surface area contributed by atoms with E-state index >= 15 is 0 Å². The molecule has 3 aliphatic rings. The van der Waals surface area contributed by atoms with Gasteiger partial charge in [-0.25, -0.2) is 4.79 Å². The second-order valence-corrected chi connectivity index (χ2v) is 9.27. The molecular formula is C25H29F3N4O5. The summed E-state index contributed by atoms with van der Waals surface area (Å²) < 4.78 is 46.1. The summed E-state index contributed by atoms with van der Waals surface area (Å²) >= 11 is 0. The highest BCUT2D eigenvalue weighted by Gasteiger charge is 2.45. The van der Waals surface area contributed by atoms with Gasteiger partial charge < -0.3 is 19.9 Å². The Morgan fingerprint density at radius 2 is 1.81 bits per heavy atom. The molecule has 0 radical (unpaired) electrons. The van der Waals surface area contributed by atoms with Crippen LogP contribution in [0.15, 0.2) is 35.5 Å². The fourth-order valence-electron chi connectivity index (χ4n) is 5.06.